The van der Waals surface area contributed by atoms with Crippen LogP contribution in [0.15, 0.2) is 0 Å². The van der Waals surface area contributed by atoms with E-state index in [0.29, 0.717) is 18.4 Å². The molecule has 0 aromatic rings. The average Bonchev–Trinajstić information content (AvgIpc) is 2.79. The number of carbonyl (C=O) groups is 1. The molecule has 0 aromatic heterocycles. The molecule has 0 aromatic carbocycles. The van der Waals surface area contributed by atoms with E-state index in [1.54, 1.807) is 0 Å². The van der Waals surface area contributed by atoms with Crippen LogP contribution in [0, 0.1) is 5.92 Å². The highest BCUT2D eigenvalue weighted by molar-refractivity contribution is 7.90. The zero-order valence-corrected chi connectivity index (χ0v) is 13.2. The van der Waals surface area contributed by atoms with Crippen LogP contribution < -0.4 is 10.6 Å². The summed E-state index contributed by atoms with van der Waals surface area (Å²) in [6.45, 7) is 1.87. The van der Waals surface area contributed by atoms with Gasteiger partial charge in [-0.1, -0.05) is 12.8 Å². The Kier molecular flexibility index (Phi) is 5.07. The molecule has 1 saturated heterocycles. The lowest BCUT2D eigenvalue weighted by atomic mass is 9.85. The number of amides is 1. The van der Waals surface area contributed by atoms with Crippen molar-refractivity contribution >= 4 is 15.7 Å². The van der Waals surface area contributed by atoms with Crippen molar-refractivity contribution in [1.82, 2.24) is 10.6 Å². The molecule has 1 heterocycles. The third kappa shape index (κ3) is 4.45. The van der Waals surface area contributed by atoms with Gasteiger partial charge >= 0.3 is 0 Å². The number of carbonyl (C=O) groups excluding carboxylic acids is 1. The van der Waals surface area contributed by atoms with Crippen LogP contribution in [0.2, 0.25) is 0 Å². The molecule has 0 unspecified atom stereocenters. The Labute approximate surface area is 121 Å². The number of hydrogen-bond acceptors (Lipinski definition) is 4. The molecule has 20 heavy (non-hydrogen) atoms. The minimum atomic E-state index is -2.96. The summed E-state index contributed by atoms with van der Waals surface area (Å²) in [5, 5.41) is 6.38. The maximum absolute atomic E-state index is 12.2. The molecular formula is C14H26N2O3S. The van der Waals surface area contributed by atoms with Crippen molar-refractivity contribution in [2.24, 2.45) is 5.92 Å². The van der Waals surface area contributed by atoms with Crippen molar-refractivity contribution in [1.29, 1.82) is 0 Å². The molecule has 1 aliphatic heterocycles. The van der Waals surface area contributed by atoms with E-state index in [9.17, 15) is 13.2 Å². The lowest BCUT2D eigenvalue weighted by molar-refractivity contribution is -0.123. The van der Waals surface area contributed by atoms with Crippen molar-refractivity contribution in [3.63, 3.8) is 0 Å². The first-order valence-electron chi connectivity index (χ1n) is 7.59. The summed E-state index contributed by atoms with van der Waals surface area (Å²) in [6.07, 6.45) is 7.57. The molecule has 4 atom stereocenters. The Morgan fingerprint density at radius 3 is 2.70 bits per heavy atom. The summed E-state index contributed by atoms with van der Waals surface area (Å²) in [6, 6.07) is 0.316. The fourth-order valence-electron chi connectivity index (χ4n) is 3.33. The Morgan fingerprint density at radius 2 is 2.05 bits per heavy atom. The largest absolute Gasteiger partial charge is 0.352 e. The Bertz CT molecular complexity index is 435. The first kappa shape index (κ1) is 15.8. The van der Waals surface area contributed by atoms with Crippen LogP contribution in [0.5, 0.6) is 0 Å². The van der Waals surface area contributed by atoms with E-state index in [4.69, 9.17) is 0 Å². The van der Waals surface area contributed by atoms with E-state index in [-0.39, 0.29) is 23.7 Å². The van der Waals surface area contributed by atoms with Gasteiger partial charge in [-0.05, 0) is 38.5 Å². The van der Waals surface area contributed by atoms with E-state index >= 15 is 0 Å². The molecule has 1 saturated carbocycles. The third-order valence-electron chi connectivity index (χ3n) is 4.49. The number of rotatable bonds is 5. The van der Waals surface area contributed by atoms with Gasteiger partial charge in [0.2, 0.25) is 5.91 Å². The van der Waals surface area contributed by atoms with E-state index in [1.807, 2.05) is 6.92 Å². The second-order valence-electron chi connectivity index (χ2n) is 6.43. The molecule has 1 aliphatic carbocycles. The zero-order valence-electron chi connectivity index (χ0n) is 12.4. The predicted molar refractivity (Wildman–Crippen MR) is 79.2 cm³/mol. The van der Waals surface area contributed by atoms with Crippen LogP contribution in [0.1, 0.15) is 45.4 Å². The third-order valence-corrected chi connectivity index (χ3v) is 5.47. The van der Waals surface area contributed by atoms with Crippen LogP contribution in [0.4, 0.5) is 0 Å². The molecule has 1 amide bonds. The maximum atomic E-state index is 12.2. The van der Waals surface area contributed by atoms with Gasteiger partial charge in [0.15, 0.2) is 0 Å². The number of nitrogens with one attached hydrogen (secondary N) is 2. The quantitative estimate of drug-likeness (QED) is 0.789. The molecule has 0 bridgehead atoms. The first-order valence-corrected chi connectivity index (χ1v) is 9.65. The molecule has 0 spiro atoms. The molecule has 0 radical (unpaired) electrons. The van der Waals surface area contributed by atoms with Gasteiger partial charge in [0.05, 0.1) is 11.8 Å². The Balaban J connectivity index is 1.77. The van der Waals surface area contributed by atoms with Crippen LogP contribution in [-0.2, 0) is 14.6 Å². The normalized spacial score (nSPS) is 31.6. The van der Waals surface area contributed by atoms with Gasteiger partial charge in [0.1, 0.15) is 9.84 Å². The molecule has 2 fully saturated rings. The standard InChI is InChI=1S/C14H26N2O3S/c1-10(7-8-20(2,18)19)15-14(17)13-9-11-5-3-4-6-12(11)16-13/h10-13,16H,3-9H2,1-2H3,(H,15,17)/t10-,11-,12-,13+/m1/s1. The van der Waals surface area contributed by atoms with Crippen LogP contribution >= 0.6 is 0 Å². The van der Waals surface area contributed by atoms with Crippen LogP contribution in [0.25, 0.3) is 0 Å². The SMILES string of the molecule is C[C@H](CCS(C)(=O)=O)NC(=O)[C@@H]1C[C@H]2CCCC[C@H]2N1. The molecule has 2 aliphatic rings. The van der Waals surface area contributed by atoms with Crippen molar-refractivity contribution < 1.29 is 13.2 Å². The van der Waals surface area contributed by atoms with E-state index in [1.165, 1.54) is 31.9 Å². The highest BCUT2D eigenvalue weighted by Crippen LogP contribution is 2.33. The van der Waals surface area contributed by atoms with E-state index in [2.05, 4.69) is 10.6 Å². The van der Waals surface area contributed by atoms with E-state index in [0.717, 1.165) is 6.42 Å². The summed E-state index contributed by atoms with van der Waals surface area (Å²) in [5.74, 6) is 0.795. The topological polar surface area (TPSA) is 75.3 Å². The maximum Gasteiger partial charge on any atom is 0.237 e. The molecule has 5 nitrogen and oxygen atoms in total. The van der Waals surface area contributed by atoms with Crippen LogP contribution in [0.3, 0.4) is 0 Å². The van der Waals surface area contributed by atoms with Gasteiger partial charge in [-0.15, -0.1) is 0 Å². The molecular weight excluding hydrogens is 276 g/mol. The second-order valence-corrected chi connectivity index (χ2v) is 8.69. The van der Waals surface area contributed by atoms with Crippen molar-refractivity contribution in [3.05, 3.63) is 0 Å². The molecule has 116 valence electrons. The van der Waals surface area contributed by atoms with Gasteiger partial charge in [0, 0.05) is 18.3 Å². The fourth-order valence-corrected chi connectivity index (χ4v) is 4.11. The van der Waals surface area contributed by atoms with E-state index < -0.39 is 9.84 Å². The first-order chi connectivity index (χ1) is 9.35. The summed E-state index contributed by atoms with van der Waals surface area (Å²) in [7, 11) is -2.96. The summed E-state index contributed by atoms with van der Waals surface area (Å²) in [4.78, 5) is 12.2. The van der Waals surface area contributed by atoms with Crippen molar-refractivity contribution in [2.45, 2.75) is 63.6 Å². The fraction of sp³-hybridized carbons (Fsp3) is 0.929. The number of fused-ring (bicyclic) bond motifs is 1. The highest BCUT2D eigenvalue weighted by atomic mass is 32.2. The lowest BCUT2D eigenvalue weighted by Crippen LogP contribution is -2.46. The zero-order chi connectivity index (χ0) is 14.8. The summed E-state index contributed by atoms with van der Waals surface area (Å²) in [5.41, 5.74) is 0. The molecule has 2 rings (SSSR count). The minimum absolute atomic E-state index is 0.0281. The number of hydrogen-bond donors (Lipinski definition) is 2. The number of sulfone groups is 1. The molecule has 6 heteroatoms. The average molecular weight is 302 g/mol. The summed E-state index contributed by atoms with van der Waals surface area (Å²) < 4.78 is 22.2. The minimum Gasteiger partial charge on any atom is -0.352 e. The van der Waals surface area contributed by atoms with Crippen molar-refractivity contribution in [2.75, 3.05) is 12.0 Å². The highest BCUT2D eigenvalue weighted by Gasteiger charge is 2.38. The Hall–Kier alpha value is -0.620. The monoisotopic (exact) mass is 302 g/mol. The van der Waals surface area contributed by atoms with Crippen LogP contribution in [-0.4, -0.2) is 44.5 Å². The lowest BCUT2D eigenvalue weighted by Gasteiger charge is -2.24. The van der Waals surface area contributed by atoms with Gasteiger partial charge in [-0.2, -0.15) is 0 Å². The van der Waals surface area contributed by atoms with Gasteiger partial charge in [-0.25, -0.2) is 8.42 Å². The van der Waals surface area contributed by atoms with Gasteiger partial charge < -0.3 is 10.6 Å². The smallest absolute Gasteiger partial charge is 0.237 e. The molecule has 2 N–H and O–H groups in total. The van der Waals surface area contributed by atoms with Crippen molar-refractivity contribution in [3.8, 4) is 0 Å². The Morgan fingerprint density at radius 1 is 1.35 bits per heavy atom. The summed E-state index contributed by atoms with van der Waals surface area (Å²) >= 11 is 0. The van der Waals surface area contributed by atoms with Gasteiger partial charge in [-0.3, -0.25) is 4.79 Å². The second kappa shape index (κ2) is 6.43. The predicted octanol–water partition coefficient (Wildman–Crippen LogP) is 0.847. The van der Waals surface area contributed by atoms with Gasteiger partial charge in [0.25, 0.3) is 0 Å².